The molecule has 1 saturated carbocycles. The normalized spacial score (nSPS) is 16.1. The van der Waals surface area contributed by atoms with Crippen LogP contribution >= 0.6 is 0 Å². The van der Waals surface area contributed by atoms with Crippen LogP contribution in [0, 0.1) is 0 Å². The lowest BCUT2D eigenvalue weighted by molar-refractivity contribution is -0.138. The lowest BCUT2D eigenvalue weighted by Crippen LogP contribution is -2.31. The molecule has 76 valence electrons. The van der Waals surface area contributed by atoms with Crippen molar-refractivity contribution < 1.29 is 14.3 Å². The number of carboxylic acids is 1. The van der Waals surface area contributed by atoms with Crippen LogP contribution in [0.1, 0.15) is 18.4 Å². The third kappa shape index (κ3) is 2.35. The van der Waals surface area contributed by atoms with Crippen molar-refractivity contribution in [1.82, 2.24) is 4.90 Å². The lowest BCUT2D eigenvalue weighted by Gasteiger charge is -2.18. The minimum Gasteiger partial charge on any atom is -0.480 e. The van der Waals surface area contributed by atoms with Gasteiger partial charge < -0.3 is 9.52 Å². The van der Waals surface area contributed by atoms with Crippen molar-refractivity contribution in [2.75, 3.05) is 6.54 Å². The summed E-state index contributed by atoms with van der Waals surface area (Å²) in [6.45, 7) is 0.795. The van der Waals surface area contributed by atoms with E-state index in [0.717, 1.165) is 18.4 Å². The van der Waals surface area contributed by atoms with Crippen LogP contribution in [0.4, 0.5) is 0 Å². The molecule has 2 rings (SSSR count). The van der Waals surface area contributed by atoms with Crippen molar-refractivity contribution in [2.24, 2.45) is 0 Å². The number of hydrogen-bond acceptors (Lipinski definition) is 3. The predicted molar refractivity (Wildman–Crippen MR) is 49.8 cm³/mol. The Balaban J connectivity index is 1.93. The number of carboxylic acid groups (broad SMARTS) is 1. The molecule has 1 N–H and O–H groups in total. The summed E-state index contributed by atoms with van der Waals surface area (Å²) >= 11 is 0. The van der Waals surface area contributed by atoms with Gasteiger partial charge in [-0.05, 0) is 18.9 Å². The molecule has 1 aliphatic rings. The summed E-state index contributed by atoms with van der Waals surface area (Å²) in [5, 5.41) is 8.72. The van der Waals surface area contributed by atoms with Gasteiger partial charge in [-0.1, -0.05) is 0 Å². The number of hydrogen-bond donors (Lipinski definition) is 1. The first-order valence-electron chi connectivity index (χ1n) is 4.72. The molecule has 14 heavy (non-hydrogen) atoms. The number of aliphatic carboxylic acids is 1. The van der Waals surface area contributed by atoms with Crippen LogP contribution in [-0.2, 0) is 11.3 Å². The fraction of sp³-hybridized carbons (Fsp3) is 0.500. The average molecular weight is 195 g/mol. The molecule has 4 nitrogen and oxygen atoms in total. The number of rotatable bonds is 5. The molecule has 0 unspecified atom stereocenters. The molecule has 1 heterocycles. The van der Waals surface area contributed by atoms with Crippen LogP contribution in [0.5, 0.6) is 0 Å². The number of furan rings is 1. The fourth-order valence-corrected chi connectivity index (χ4v) is 1.54. The number of nitrogens with zero attached hydrogens (tertiary/aromatic N) is 1. The Kier molecular flexibility index (Phi) is 2.54. The summed E-state index contributed by atoms with van der Waals surface area (Å²) in [5.41, 5.74) is 1.04. The fourth-order valence-electron chi connectivity index (χ4n) is 1.54. The van der Waals surface area contributed by atoms with Crippen LogP contribution in [-0.4, -0.2) is 28.6 Å². The zero-order valence-corrected chi connectivity index (χ0v) is 7.85. The van der Waals surface area contributed by atoms with E-state index in [1.54, 1.807) is 12.5 Å². The maximum absolute atomic E-state index is 10.6. The van der Waals surface area contributed by atoms with Crippen molar-refractivity contribution in [2.45, 2.75) is 25.4 Å². The monoisotopic (exact) mass is 195 g/mol. The SMILES string of the molecule is O=C(O)CN(Cc1ccoc1)C1CC1. The highest BCUT2D eigenvalue weighted by atomic mass is 16.4. The molecule has 0 amide bonds. The molecule has 0 bridgehead atoms. The maximum atomic E-state index is 10.6. The van der Waals surface area contributed by atoms with Crippen LogP contribution in [0.15, 0.2) is 23.0 Å². The Hall–Kier alpha value is -1.29. The van der Waals surface area contributed by atoms with E-state index in [2.05, 4.69) is 0 Å². The summed E-state index contributed by atoms with van der Waals surface area (Å²) in [7, 11) is 0. The van der Waals surface area contributed by atoms with Gasteiger partial charge in [0.15, 0.2) is 0 Å². The third-order valence-corrected chi connectivity index (χ3v) is 2.37. The maximum Gasteiger partial charge on any atom is 0.317 e. The van der Waals surface area contributed by atoms with Gasteiger partial charge in [-0.25, -0.2) is 0 Å². The van der Waals surface area contributed by atoms with E-state index in [9.17, 15) is 4.79 Å². The minimum atomic E-state index is -0.764. The molecule has 1 aromatic rings. The Morgan fingerprint density at radius 1 is 1.64 bits per heavy atom. The van der Waals surface area contributed by atoms with Crippen LogP contribution < -0.4 is 0 Å². The molecule has 0 aromatic carbocycles. The summed E-state index contributed by atoms with van der Waals surface area (Å²) in [4.78, 5) is 12.6. The van der Waals surface area contributed by atoms with Gasteiger partial charge in [-0.15, -0.1) is 0 Å². The first-order valence-corrected chi connectivity index (χ1v) is 4.72. The number of carbonyl (C=O) groups is 1. The van der Waals surface area contributed by atoms with E-state index in [4.69, 9.17) is 9.52 Å². The van der Waals surface area contributed by atoms with E-state index >= 15 is 0 Å². The van der Waals surface area contributed by atoms with Gasteiger partial charge in [0, 0.05) is 18.2 Å². The highest BCUT2D eigenvalue weighted by molar-refractivity contribution is 5.69. The molecular formula is C10H13NO3. The van der Waals surface area contributed by atoms with Gasteiger partial charge in [0.2, 0.25) is 0 Å². The van der Waals surface area contributed by atoms with Gasteiger partial charge in [0.05, 0.1) is 19.1 Å². The summed E-state index contributed by atoms with van der Waals surface area (Å²) in [6.07, 6.45) is 5.51. The second-order valence-corrected chi connectivity index (χ2v) is 3.66. The molecule has 1 aliphatic carbocycles. The summed E-state index contributed by atoms with van der Waals surface area (Å²) < 4.78 is 4.95. The lowest BCUT2D eigenvalue weighted by atomic mass is 10.3. The summed E-state index contributed by atoms with van der Waals surface area (Å²) in [5.74, 6) is -0.764. The minimum absolute atomic E-state index is 0.121. The first kappa shape index (κ1) is 9.27. The van der Waals surface area contributed by atoms with Crippen molar-refractivity contribution in [3.8, 4) is 0 Å². The largest absolute Gasteiger partial charge is 0.480 e. The van der Waals surface area contributed by atoms with E-state index in [0.29, 0.717) is 12.6 Å². The van der Waals surface area contributed by atoms with Crippen molar-refractivity contribution in [1.29, 1.82) is 0 Å². The molecular weight excluding hydrogens is 182 g/mol. The zero-order chi connectivity index (χ0) is 9.97. The smallest absolute Gasteiger partial charge is 0.317 e. The quantitative estimate of drug-likeness (QED) is 0.770. The van der Waals surface area contributed by atoms with Gasteiger partial charge in [-0.3, -0.25) is 9.69 Å². The molecule has 1 aromatic heterocycles. The second kappa shape index (κ2) is 3.84. The highest BCUT2D eigenvalue weighted by Gasteiger charge is 2.30. The molecule has 0 spiro atoms. The predicted octanol–water partition coefficient (Wildman–Crippen LogP) is 1.33. The van der Waals surface area contributed by atoms with Gasteiger partial charge in [0.1, 0.15) is 0 Å². The van der Waals surface area contributed by atoms with E-state index in [1.807, 2.05) is 11.0 Å². The molecule has 0 aliphatic heterocycles. The van der Waals surface area contributed by atoms with Crippen LogP contribution in [0.25, 0.3) is 0 Å². The molecule has 0 saturated heterocycles. The van der Waals surface area contributed by atoms with Crippen LogP contribution in [0.2, 0.25) is 0 Å². The second-order valence-electron chi connectivity index (χ2n) is 3.66. The summed E-state index contributed by atoms with van der Waals surface area (Å²) in [6, 6.07) is 2.33. The van der Waals surface area contributed by atoms with Gasteiger partial charge in [0.25, 0.3) is 0 Å². The van der Waals surface area contributed by atoms with Crippen molar-refractivity contribution >= 4 is 5.97 Å². The zero-order valence-electron chi connectivity index (χ0n) is 7.85. The van der Waals surface area contributed by atoms with Gasteiger partial charge >= 0.3 is 5.97 Å². The van der Waals surface area contributed by atoms with Gasteiger partial charge in [-0.2, -0.15) is 0 Å². The molecule has 4 heteroatoms. The molecule has 0 radical (unpaired) electrons. The Labute approximate surface area is 82.1 Å². The van der Waals surface area contributed by atoms with E-state index in [-0.39, 0.29) is 6.54 Å². The van der Waals surface area contributed by atoms with E-state index in [1.165, 1.54) is 0 Å². The first-order chi connectivity index (χ1) is 6.75. The Morgan fingerprint density at radius 3 is 2.93 bits per heavy atom. The van der Waals surface area contributed by atoms with Crippen LogP contribution in [0.3, 0.4) is 0 Å². The molecule has 1 fully saturated rings. The highest BCUT2D eigenvalue weighted by Crippen LogP contribution is 2.27. The topological polar surface area (TPSA) is 53.7 Å². The average Bonchev–Trinajstić information content (AvgIpc) is 2.85. The third-order valence-electron chi connectivity index (χ3n) is 2.37. The van der Waals surface area contributed by atoms with Crippen molar-refractivity contribution in [3.63, 3.8) is 0 Å². The standard InChI is InChI=1S/C10H13NO3/c12-10(13)6-11(9-1-2-9)5-8-3-4-14-7-8/h3-4,7,9H,1-2,5-6H2,(H,12,13). The van der Waals surface area contributed by atoms with Crippen molar-refractivity contribution in [3.05, 3.63) is 24.2 Å². The molecule has 0 atom stereocenters. The Bertz CT molecular complexity index is 303. The Morgan fingerprint density at radius 2 is 2.43 bits per heavy atom. The van der Waals surface area contributed by atoms with E-state index < -0.39 is 5.97 Å².